The second kappa shape index (κ2) is 13.1. The van der Waals surface area contributed by atoms with Crippen molar-refractivity contribution in [1.82, 2.24) is 15.1 Å². The van der Waals surface area contributed by atoms with Crippen LogP contribution in [0.5, 0.6) is 0 Å². The molecule has 8 heteroatoms. The molecule has 1 unspecified atom stereocenters. The van der Waals surface area contributed by atoms with E-state index in [1.165, 1.54) is 11.3 Å². The number of carbonyl (C=O) groups is 1. The molecule has 1 atom stereocenters. The van der Waals surface area contributed by atoms with Crippen LogP contribution in [0.4, 0.5) is 5.69 Å². The molecule has 0 bridgehead atoms. The highest BCUT2D eigenvalue weighted by molar-refractivity contribution is 14.0. The van der Waals surface area contributed by atoms with E-state index in [1.54, 1.807) is 0 Å². The molecule has 1 aromatic rings. The van der Waals surface area contributed by atoms with Crippen LogP contribution < -0.4 is 16.0 Å². The van der Waals surface area contributed by atoms with Gasteiger partial charge in [0.1, 0.15) is 0 Å². The lowest BCUT2D eigenvalue weighted by Gasteiger charge is -2.36. The Morgan fingerprint density at radius 1 is 1.23 bits per heavy atom. The van der Waals surface area contributed by atoms with E-state index in [2.05, 4.69) is 56.2 Å². The molecule has 1 aromatic carbocycles. The molecule has 0 saturated carbocycles. The van der Waals surface area contributed by atoms with Gasteiger partial charge in [0.25, 0.3) is 0 Å². The number of amides is 1. The molecule has 2 heterocycles. The summed E-state index contributed by atoms with van der Waals surface area (Å²) in [6, 6.07) is 8.79. The van der Waals surface area contributed by atoms with Gasteiger partial charge in [0.2, 0.25) is 5.91 Å². The minimum Gasteiger partial charge on any atom is -0.370 e. The molecule has 0 aliphatic carbocycles. The number of piperazine rings is 1. The fourth-order valence-corrected chi connectivity index (χ4v) is 4.60. The average Bonchev–Trinajstić information content (AvgIpc) is 2.74. The summed E-state index contributed by atoms with van der Waals surface area (Å²) >= 11 is 0. The van der Waals surface area contributed by atoms with E-state index in [-0.39, 0.29) is 29.9 Å². The molecule has 1 amide bonds. The highest BCUT2D eigenvalue weighted by Crippen LogP contribution is 2.20. The van der Waals surface area contributed by atoms with Crippen molar-refractivity contribution in [2.24, 2.45) is 16.6 Å². The SMILES string of the molecule is CN=C(NCCCN1CCN(c2cccc(C)c2)CC1)N1CCCC(CC(N)=O)C1.I. The molecule has 3 N–H and O–H groups in total. The fraction of sp³-hybridized carbons (Fsp3) is 0.652. The van der Waals surface area contributed by atoms with Crippen molar-refractivity contribution in [3.05, 3.63) is 29.8 Å². The van der Waals surface area contributed by atoms with Gasteiger partial charge in [0.05, 0.1) is 0 Å². The van der Waals surface area contributed by atoms with Crippen molar-refractivity contribution in [2.45, 2.75) is 32.6 Å². The lowest BCUT2D eigenvalue weighted by atomic mass is 9.95. The zero-order valence-electron chi connectivity index (χ0n) is 19.1. The molecule has 0 aromatic heterocycles. The van der Waals surface area contributed by atoms with Crippen LogP contribution in [-0.4, -0.2) is 81.1 Å². The van der Waals surface area contributed by atoms with Gasteiger partial charge in [0.15, 0.2) is 5.96 Å². The Morgan fingerprint density at radius 3 is 2.68 bits per heavy atom. The standard InChI is InChI=1S/C23H38N6O.HI/c1-19-6-3-8-21(16-19)28-14-12-27(13-15-28)10-5-9-26-23(25-2)29-11-4-7-20(18-29)17-22(24)30;/h3,6,8,16,20H,4-5,7,9-15,17-18H2,1-2H3,(H2,24,30)(H,25,26);1H. The van der Waals surface area contributed by atoms with Gasteiger partial charge in [-0.1, -0.05) is 12.1 Å². The predicted octanol–water partition coefficient (Wildman–Crippen LogP) is 2.29. The van der Waals surface area contributed by atoms with E-state index < -0.39 is 0 Å². The number of primary amides is 1. The summed E-state index contributed by atoms with van der Waals surface area (Å²) in [5.41, 5.74) is 8.05. The van der Waals surface area contributed by atoms with Crippen molar-refractivity contribution >= 4 is 41.5 Å². The highest BCUT2D eigenvalue weighted by Gasteiger charge is 2.23. The minimum atomic E-state index is -0.202. The number of piperidine rings is 1. The Kier molecular flexibility index (Phi) is 10.9. The number of aryl methyl sites for hydroxylation is 1. The summed E-state index contributed by atoms with van der Waals surface area (Å²) in [5, 5.41) is 3.52. The number of hydrogen-bond acceptors (Lipinski definition) is 4. The number of nitrogens with zero attached hydrogens (tertiary/aromatic N) is 4. The lowest BCUT2D eigenvalue weighted by Crippen LogP contribution is -2.48. The second-order valence-electron chi connectivity index (χ2n) is 8.62. The predicted molar refractivity (Wildman–Crippen MR) is 139 cm³/mol. The average molecular weight is 543 g/mol. The topological polar surface area (TPSA) is 77.2 Å². The van der Waals surface area contributed by atoms with Crippen molar-refractivity contribution < 1.29 is 4.79 Å². The number of halogens is 1. The molecular weight excluding hydrogens is 503 g/mol. The Morgan fingerprint density at radius 2 is 2.00 bits per heavy atom. The van der Waals surface area contributed by atoms with E-state index in [1.807, 2.05) is 7.05 Å². The third-order valence-corrected chi connectivity index (χ3v) is 6.19. The molecule has 0 radical (unpaired) electrons. The van der Waals surface area contributed by atoms with Crippen molar-refractivity contribution in [2.75, 3.05) is 64.3 Å². The normalized spacial score (nSPS) is 20.3. The number of carbonyl (C=O) groups excluding carboxylic acids is 1. The number of nitrogens with two attached hydrogens (primary N) is 1. The summed E-state index contributed by atoms with van der Waals surface area (Å²) in [7, 11) is 1.84. The van der Waals surface area contributed by atoms with Crippen LogP contribution in [-0.2, 0) is 4.79 Å². The van der Waals surface area contributed by atoms with E-state index in [9.17, 15) is 4.79 Å². The largest absolute Gasteiger partial charge is 0.370 e. The number of guanidine groups is 1. The molecule has 2 aliphatic rings. The summed E-state index contributed by atoms with van der Waals surface area (Å²) in [5.74, 6) is 1.10. The first-order chi connectivity index (χ1) is 14.5. The van der Waals surface area contributed by atoms with Gasteiger partial charge in [-0.15, -0.1) is 24.0 Å². The molecular formula is C23H39IN6O. The zero-order valence-corrected chi connectivity index (χ0v) is 21.4. The Balaban J connectivity index is 0.00000341. The molecule has 2 saturated heterocycles. The first-order valence-corrected chi connectivity index (χ1v) is 11.3. The van der Waals surface area contributed by atoms with Crippen molar-refractivity contribution in [3.63, 3.8) is 0 Å². The minimum absolute atomic E-state index is 0. The smallest absolute Gasteiger partial charge is 0.217 e. The molecule has 174 valence electrons. The second-order valence-corrected chi connectivity index (χ2v) is 8.62. The van der Waals surface area contributed by atoms with Crippen LogP contribution in [0.1, 0.15) is 31.2 Å². The number of aliphatic imine (C=N–C) groups is 1. The van der Waals surface area contributed by atoms with E-state index in [0.29, 0.717) is 12.3 Å². The number of rotatable bonds is 7. The Labute approximate surface area is 204 Å². The van der Waals surface area contributed by atoms with E-state index in [0.717, 1.165) is 77.6 Å². The first kappa shape index (κ1) is 25.7. The number of benzene rings is 1. The quantitative estimate of drug-likeness (QED) is 0.239. The van der Waals surface area contributed by atoms with Gasteiger partial charge in [-0.2, -0.15) is 0 Å². The summed E-state index contributed by atoms with van der Waals surface area (Å²) in [6.45, 7) is 10.5. The number of hydrogen-bond donors (Lipinski definition) is 2. The van der Waals surface area contributed by atoms with Gasteiger partial charge in [0, 0.05) is 65.0 Å². The third-order valence-electron chi connectivity index (χ3n) is 6.19. The maximum Gasteiger partial charge on any atom is 0.217 e. The molecule has 2 fully saturated rings. The van der Waals surface area contributed by atoms with Gasteiger partial charge < -0.3 is 20.9 Å². The number of nitrogens with one attached hydrogen (secondary N) is 1. The van der Waals surface area contributed by atoms with E-state index >= 15 is 0 Å². The fourth-order valence-electron chi connectivity index (χ4n) is 4.60. The van der Waals surface area contributed by atoms with E-state index in [4.69, 9.17) is 5.73 Å². The van der Waals surface area contributed by atoms with Gasteiger partial charge in [-0.05, 0) is 56.3 Å². The van der Waals surface area contributed by atoms with Gasteiger partial charge in [-0.3, -0.25) is 14.7 Å². The van der Waals surface area contributed by atoms with Crippen LogP contribution in [0.15, 0.2) is 29.3 Å². The third kappa shape index (κ3) is 8.14. The molecule has 3 rings (SSSR count). The van der Waals surface area contributed by atoms with Crippen LogP contribution in [0.25, 0.3) is 0 Å². The van der Waals surface area contributed by atoms with Crippen LogP contribution in [0.3, 0.4) is 0 Å². The van der Waals surface area contributed by atoms with Crippen LogP contribution in [0, 0.1) is 12.8 Å². The monoisotopic (exact) mass is 542 g/mol. The Hall–Kier alpha value is -1.55. The maximum atomic E-state index is 11.2. The molecule has 2 aliphatic heterocycles. The molecule has 7 nitrogen and oxygen atoms in total. The van der Waals surface area contributed by atoms with Crippen LogP contribution in [0.2, 0.25) is 0 Å². The van der Waals surface area contributed by atoms with Crippen molar-refractivity contribution in [3.8, 4) is 0 Å². The van der Waals surface area contributed by atoms with Gasteiger partial charge >= 0.3 is 0 Å². The molecule has 0 spiro atoms. The lowest BCUT2D eigenvalue weighted by molar-refractivity contribution is -0.119. The maximum absolute atomic E-state index is 11.2. The summed E-state index contributed by atoms with van der Waals surface area (Å²) in [6.07, 6.45) is 3.73. The zero-order chi connectivity index (χ0) is 21.3. The number of likely N-dealkylation sites (tertiary alicyclic amines) is 1. The highest BCUT2D eigenvalue weighted by atomic mass is 127. The Bertz CT molecular complexity index is 720. The van der Waals surface area contributed by atoms with Crippen molar-refractivity contribution in [1.29, 1.82) is 0 Å². The van der Waals surface area contributed by atoms with Crippen LogP contribution >= 0.6 is 24.0 Å². The summed E-state index contributed by atoms with van der Waals surface area (Å²) in [4.78, 5) is 23.0. The summed E-state index contributed by atoms with van der Waals surface area (Å²) < 4.78 is 0. The first-order valence-electron chi connectivity index (χ1n) is 11.3. The number of anilines is 1. The molecule has 31 heavy (non-hydrogen) atoms. The van der Waals surface area contributed by atoms with Gasteiger partial charge in [-0.25, -0.2) is 0 Å².